The Hall–Kier alpha value is -2.51. The maximum absolute atomic E-state index is 12.8. The molecule has 2 aromatic carbocycles. The zero-order valence-corrected chi connectivity index (χ0v) is 14.6. The van der Waals surface area contributed by atoms with Crippen molar-refractivity contribution in [1.29, 1.82) is 0 Å². The smallest absolute Gasteiger partial charge is 0.270 e. The number of anilines is 1. The van der Waals surface area contributed by atoms with E-state index >= 15 is 0 Å². The number of carbonyl (C=O) groups is 2. The largest absolute Gasteiger partial charge is 0.508 e. The van der Waals surface area contributed by atoms with Gasteiger partial charge in [0.2, 0.25) is 0 Å². The fourth-order valence-electron chi connectivity index (χ4n) is 2.24. The van der Waals surface area contributed by atoms with Gasteiger partial charge in [0, 0.05) is 4.47 Å². The predicted octanol–water partition coefficient (Wildman–Crippen LogP) is 2.99. The van der Waals surface area contributed by atoms with Gasteiger partial charge >= 0.3 is 0 Å². The highest BCUT2D eigenvalue weighted by molar-refractivity contribution is 9.10. The lowest BCUT2D eigenvalue weighted by Gasteiger charge is -2.29. The van der Waals surface area contributed by atoms with E-state index in [-0.39, 0.29) is 16.4 Å². The van der Waals surface area contributed by atoms with Gasteiger partial charge in [0.25, 0.3) is 11.8 Å². The Morgan fingerprint density at radius 2 is 1.83 bits per heavy atom. The minimum Gasteiger partial charge on any atom is -0.508 e. The summed E-state index contributed by atoms with van der Waals surface area (Å²) in [6.07, 6.45) is 1.46. The summed E-state index contributed by atoms with van der Waals surface area (Å²) in [5.41, 5.74) is 1.14. The summed E-state index contributed by atoms with van der Waals surface area (Å²) < 4.78 is 0.788. The van der Waals surface area contributed by atoms with Crippen LogP contribution in [0.2, 0.25) is 0 Å². The molecule has 1 fully saturated rings. The third kappa shape index (κ3) is 3.22. The molecule has 0 spiro atoms. The summed E-state index contributed by atoms with van der Waals surface area (Å²) in [5.74, 6) is -0.951. The molecular formula is C17H11BrN2O3S. The molecule has 0 saturated carbocycles. The molecule has 2 N–H and O–H groups in total. The zero-order valence-electron chi connectivity index (χ0n) is 12.2. The molecule has 0 aliphatic carbocycles. The molecule has 5 nitrogen and oxygen atoms in total. The Bertz CT molecular complexity index is 878. The second kappa shape index (κ2) is 6.54. The van der Waals surface area contributed by atoms with Gasteiger partial charge in [0.15, 0.2) is 5.11 Å². The monoisotopic (exact) mass is 402 g/mol. The number of nitrogens with one attached hydrogen (secondary N) is 1. The molecule has 3 rings (SSSR count). The molecule has 1 aliphatic rings. The number of nitrogens with zero attached hydrogens (tertiary/aromatic N) is 1. The SMILES string of the molecule is O=C1NC(=S)N(c2cccc(Br)c2)C(=O)/C1=C/c1ccc(O)cc1. The van der Waals surface area contributed by atoms with Crippen molar-refractivity contribution in [2.75, 3.05) is 4.90 Å². The molecule has 2 aromatic rings. The minimum atomic E-state index is -0.552. The molecule has 0 atom stereocenters. The molecule has 1 heterocycles. The molecule has 0 aromatic heterocycles. The van der Waals surface area contributed by atoms with Gasteiger partial charge < -0.3 is 5.11 Å². The van der Waals surface area contributed by atoms with Crippen LogP contribution in [0.4, 0.5) is 5.69 Å². The molecular weight excluding hydrogens is 392 g/mol. The lowest BCUT2D eigenvalue weighted by Crippen LogP contribution is -2.54. The highest BCUT2D eigenvalue weighted by atomic mass is 79.9. The van der Waals surface area contributed by atoms with Crippen LogP contribution in [0.15, 0.2) is 58.6 Å². The van der Waals surface area contributed by atoms with E-state index in [2.05, 4.69) is 21.2 Å². The first-order valence-electron chi connectivity index (χ1n) is 6.92. The van der Waals surface area contributed by atoms with Crippen molar-refractivity contribution in [3.8, 4) is 5.75 Å². The van der Waals surface area contributed by atoms with E-state index in [0.29, 0.717) is 11.3 Å². The fraction of sp³-hybridized carbons (Fsp3) is 0. The van der Waals surface area contributed by atoms with E-state index in [4.69, 9.17) is 12.2 Å². The van der Waals surface area contributed by atoms with Crippen molar-refractivity contribution in [3.63, 3.8) is 0 Å². The molecule has 2 amide bonds. The predicted molar refractivity (Wildman–Crippen MR) is 98.5 cm³/mol. The van der Waals surface area contributed by atoms with Crippen molar-refractivity contribution in [2.45, 2.75) is 0 Å². The van der Waals surface area contributed by atoms with E-state index < -0.39 is 11.8 Å². The van der Waals surface area contributed by atoms with Crippen LogP contribution in [0.1, 0.15) is 5.56 Å². The Morgan fingerprint density at radius 3 is 2.50 bits per heavy atom. The third-order valence-electron chi connectivity index (χ3n) is 3.37. The van der Waals surface area contributed by atoms with Crippen LogP contribution in [-0.2, 0) is 9.59 Å². The van der Waals surface area contributed by atoms with Crippen molar-refractivity contribution in [2.24, 2.45) is 0 Å². The summed E-state index contributed by atoms with van der Waals surface area (Å²) in [6, 6.07) is 13.2. The van der Waals surface area contributed by atoms with E-state index in [0.717, 1.165) is 4.47 Å². The number of aromatic hydroxyl groups is 1. The number of thiocarbonyl (C=S) groups is 1. The Balaban J connectivity index is 2.01. The highest BCUT2D eigenvalue weighted by Gasteiger charge is 2.34. The number of phenols is 1. The maximum Gasteiger partial charge on any atom is 0.270 e. The Labute approximate surface area is 151 Å². The molecule has 1 saturated heterocycles. The first kappa shape index (κ1) is 16.4. The van der Waals surface area contributed by atoms with Gasteiger partial charge in [-0.1, -0.05) is 34.1 Å². The van der Waals surface area contributed by atoms with Gasteiger partial charge in [-0.05, 0) is 54.2 Å². The first-order chi connectivity index (χ1) is 11.5. The Kier molecular flexibility index (Phi) is 4.46. The second-order valence-corrected chi connectivity index (χ2v) is 6.33. The minimum absolute atomic E-state index is 0.0331. The number of rotatable bonds is 2. The van der Waals surface area contributed by atoms with Crippen LogP contribution in [0.3, 0.4) is 0 Å². The van der Waals surface area contributed by atoms with E-state index in [9.17, 15) is 14.7 Å². The van der Waals surface area contributed by atoms with Crippen molar-refractivity contribution >= 4 is 56.8 Å². The number of hydrogen-bond acceptors (Lipinski definition) is 4. The van der Waals surface area contributed by atoms with Crippen LogP contribution in [0.25, 0.3) is 6.08 Å². The van der Waals surface area contributed by atoms with E-state index in [1.807, 2.05) is 6.07 Å². The van der Waals surface area contributed by atoms with Crippen LogP contribution in [-0.4, -0.2) is 22.0 Å². The van der Waals surface area contributed by atoms with Crippen molar-refractivity contribution in [1.82, 2.24) is 5.32 Å². The van der Waals surface area contributed by atoms with Crippen LogP contribution < -0.4 is 10.2 Å². The molecule has 1 aliphatic heterocycles. The standard InChI is InChI=1S/C17H11BrN2O3S/c18-11-2-1-3-12(9-11)20-16(23)14(15(22)19-17(20)24)8-10-4-6-13(21)7-5-10/h1-9,21H,(H,19,22,24)/b14-8+. The average Bonchev–Trinajstić information content (AvgIpc) is 2.53. The maximum atomic E-state index is 12.8. The molecule has 0 bridgehead atoms. The number of carbonyl (C=O) groups excluding carboxylic acids is 2. The molecule has 0 unspecified atom stereocenters. The summed E-state index contributed by atoms with van der Waals surface area (Å²) >= 11 is 8.49. The summed E-state index contributed by atoms with van der Waals surface area (Å²) in [4.78, 5) is 26.2. The molecule has 7 heteroatoms. The molecule has 120 valence electrons. The van der Waals surface area contributed by atoms with E-state index in [1.165, 1.54) is 23.1 Å². The van der Waals surface area contributed by atoms with Crippen LogP contribution in [0.5, 0.6) is 5.75 Å². The van der Waals surface area contributed by atoms with Gasteiger partial charge in [-0.25, -0.2) is 0 Å². The number of benzene rings is 2. The number of hydrogen-bond donors (Lipinski definition) is 2. The van der Waals surface area contributed by atoms with Gasteiger partial charge in [-0.15, -0.1) is 0 Å². The Morgan fingerprint density at radius 1 is 1.12 bits per heavy atom. The van der Waals surface area contributed by atoms with Gasteiger partial charge in [0.05, 0.1) is 5.69 Å². The summed E-state index contributed by atoms with van der Waals surface area (Å²) in [5, 5.41) is 11.9. The summed E-state index contributed by atoms with van der Waals surface area (Å²) in [7, 11) is 0. The quantitative estimate of drug-likeness (QED) is 0.460. The van der Waals surface area contributed by atoms with Crippen LogP contribution in [0, 0.1) is 0 Å². The number of phenolic OH excluding ortho intramolecular Hbond substituents is 1. The molecule has 0 radical (unpaired) electrons. The first-order valence-corrected chi connectivity index (χ1v) is 8.12. The van der Waals surface area contributed by atoms with Crippen molar-refractivity contribution < 1.29 is 14.7 Å². The lowest BCUT2D eigenvalue weighted by molar-refractivity contribution is -0.122. The third-order valence-corrected chi connectivity index (χ3v) is 4.15. The topological polar surface area (TPSA) is 69.6 Å². The normalized spacial score (nSPS) is 16.5. The summed E-state index contributed by atoms with van der Waals surface area (Å²) in [6.45, 7) is 0. The fourth-order valence-corrected chi connectivity index (χ4v) is 2.91. The number of halogens is 1. The van der Waals surface area contributed by atoms with E-state index in [1.54, 1.807) is 30.3 Å². The second-order valence-electron chi connectivity index (χ2n) is 5.03. The lowest BCUT2D eigenvalue weighted by atomic mass is 10.1. The van der Waals surface area contributed by atoms with Gasteiger partial charge in [0.1, 0.15) is 11.3 Å². The number of amides is 2. The van der Waals surface area contributed by atoms with Crippen molar-refractivity contribution in [3.05, 3.63) is 64.1 Å². The zero-order chi connectivity index (χ0) is 17.3. The van der Waals surface area contributed by atoms with Crippen LogP contribution >= 0.6 is 28.1 Å². The van der Waals surface area contributed by atoms with Gasteiger partial charge in [-0.2, -0.15) is 0 Å². The highest BCUT2D eigenvalue weighted by Crippen LogP contribution is 2.25. The van der Waals surface area contributed by atoms with Gasteiger partial charge in [-0.3, -0.25) is 19.8 Å². The molecule has 24 heavy (non-hydrogen) atoms. The average molecular weight is 403 g/mol.